The van der Waals surface area contributed by atoms with Gasteiger partial charge in [0.25, 0.3) is 0 Å². The highest BCUT2D eigenvalue weighted by Gasteiger charge is 2.46. The van der Waals surface area contributed by atoms with Gasteiger partial charge < -0.3 is 18.6 Å². The minimum atomic E-state index is -2.62. The second kappa shape index (κ2) is 9.13. The predicted molar refractivity (Wildman–Crippen MR) is 85.0 cm³/mol. The standard InChI is InChI=1S/C15H27NO3Si/c1-5-17-20(18-6-2,19-7-3)14(4)13-16-15-11-9-8-10-12-15/h8-12,14,16H,5-7,13H2,1-4H3. The van der Waals surface area contributed by atoms with Gasteiger partial charge in [0.1, 0.15) is 0 Å². The summed E-state index contributed by atoms with van der Waals surface area (Å²) in [5, 5.41) is 3.42. The van der Waals surface area contributed by atoms with Gasteiger partial charge in [0, 0.05) is 37.6 Å². The van der Waals surface area contributed by atoms with E-state index in [1.54, 1.807) is 0 Å². The van der Waals surface area contributed by atoms with Crippen LogP contribution in [0.3, 0.4) is 0 Å². The second-order valence-electron chi connectivity index (χ2n) is 4.55. The van der Waals surface area contributed by atoms with Crippen LogP contribution in [0.2, 0.25) is 5.54 Å². The van der Waals surface area contributed by atoms with E-state index in [2.05, 4.69) is 24.4 Å². The lowest BCUT2D eigenvalue weighted by Gasteiger charge is -2.33. The van der Waals surface area contributed by atoms with E-state index in [9.17, 15) is 0 Å². The fourth-order valence-electron chi connectivity index (χ4n) is 2.11. The van der Waals surface area contributed by atoms with E-state index in [0.717, 1.165) is 12.2 Å². The molecule has 0 aliphatic carbocycles. The van der Waals surface area contributed by atoms with Crippen LogP contribution in [0.5, 0.6) is 0 Å². The highest BCUT2D eigenvalue weighted by Crippen LogP contribution is 2.26. The summed E-state index contributed by atoms with van der Waals surface area (Å²) < 4.78 is 17.7. The van der Waals surface area contributed by atoms with Crippen LogP contribution in [-0.2, 0) is 13.3 Å². The van der Waals surface area contributed by atoms with Crippen LogP contribution >= 0.6 is 0 Å². The Hall–Kier alpha value is -0.883. The Morgan fingerprint density at radius 3 is 1.90 bits per heavy atom. The van der Waals surface area contributed by atoms with E-state index < -0.39 is 8.80 Å². The maximum atomic E-state index is 5.92. The first-order chi connectivity index (χ1) is 9.68. The molecular weight excluding hydrogens is 270 g/mol. The first kappa shape index (κ1) is 17.2. The third-order valence-electron chi connectivity index (χ3n) is 3.03. The second-order valence-corrected chi connectivity index (χ2v) is 7.61. The van der Waals surface area contributed by atoms with Crippen molar-refractivity contribution in [1.82, 2.24) is 0 Å². The molecule has 114 valence electrons. The molecule has 0 radical (unpaired) electrons. The summed E-state index contributed by atoms with van der Waals surface area (Å²) in [5.41, 5.74) is 1.30. The third kappa shape index (κ3) is 4.90. The molecule has 1 aromatic rings. The number of hydrogen-bond donors (Lipinski definition) is 1. The van der Waals surface area contributed by atoms with Crippen molar-refractivity contribution in [2.45, 2.75) is 33.2 Å². The van der Waals surface area contributed by atoms with Gasteiger partial charge in [-0.3, -0.25) is 0 Å². The smallest absolute Gasteiger partial charge is 0.385 e. The summed E-state index contributed by atoms with van der Waals surface area (Å²) >= 11 is 0. The monoisotopic (exact) mass is 297 g/mol. The molecular formula is C15H27NO3Si. The van der Waals surface area contributed by atoms with E-state index in [4.69, 9.17) is 13.3 Å². The van der Waals surface area contributed by atoms with Gasteiger partial charge >= 0.3 is 8.80 Å². The molecule has 0 bridgehead atoms. The van der Waals surface area contributed by atoms with Crippen LogP contribution in [0, 0.1) is 0 Å². The van der Waals surface area contributed by atoms with Crippen LogP contribution in [0.1, 0.15) is 27.7 Å². The van der Waals surface area contributed by atoms with Crippen molar-refractivity contribution < 1.29 is 13.3 Å². The van der Waals surface area contributed by atoms with Gasteiger partial charge in [0.05, 0.1) is 0 Å². The topological polar surface area (TPSA) is 39.7 Å². The summed E-state index contributed by atoms with van der Waals surface area (Å²) in [6, 6.07) is 10.2. The Morgan fingerprint density at radius 1 is 0.950 bits per heavy atom. The molecule has 5 heteroatoms. The third-order valence-corrected chi connectivity index (χ3v) is 6.51. The molecule has 0 saturated carbocycles. The number of rotatable bonds is 10. The molecule has 1 N–H and O–H groups in total. The zero-order valence-electron chi connectivity index (χ0n) is 13.0. The highest BCUT2D eigenvalue weighted by molar-refractivity contribution is 6.62. The van der Waals surface area contributed by atoms with E-state index in [-0.39, 0.29) is 5.54 Å². The number of benzene rings is 1. The van der Waals surface area contributed by atoms with Crippen molar-refractivity contribution in [3.63, 3.8) is 0 Å². The quantitative estimate of drug-likeness (QED) is 0.671. The molecule has 0 aliphatic rings. The first-order valence-electron chi connectivity index (χ1n) is 7.39. The fraction of sp³-hybridized carbons (Fsp3) is 0.600. The molecule has 1 unspecified atom stereocenters. The lowest BCUT2D eigenvalue weighted by molar-refractivity contribution is 0.0636. The van der Waals surface area contributed by atoms with Crippen molar-refractivity contribution in [2.75, 3.05) is 31.7 Å². The number of nitrogens with one attached hydrogen (secondary N) is 1. The lowest BCUT2D eigenvalue weighted by atomic mass is 10.3. The molecule has 20 heavy (non-hydrogen) atoms. The van der Waals surface area contributed by atoms with Gasteiger partial charge in [-0.25, -0.2) is 0 Å². The van der Waals surface area contributed by atoms with Gasteiger partial charge in [-0.05, 0) is 32.9 Å². The summed E-state index contributed by atoms with van der Waals surface area (Å²) in [7, 11) is -2.62. The largest absolute Gasteiger partial charge is 0.505 e. The molecule has 0 amide bonds. The lowest BCUT2D eigenvalue weighted by Crippen LogP contribution is -2.51. The van der Waals surface area contributed by atoms with Crippen molar-refractivity contribution in [3.05, 3.63) is 30.3 Å². The Kier molecular flexibility index (Phi) is 7.83. The van der Waals surface area contributed by atoms with Gasteiger partial charge in [-0.1, -0.05) is 25.1 Å². The summed E-state index contributed by atoms with van der Waals surface area (Å²) in [6.07, 6.45) is 0. The average molecular weight is 297 g/mol. The summed E-state index contributed by atoms with van der Waals surface area (Å²) in [4.78, 5) is 0. The SMILES string of the molecule is CCO[Si](OCC)(OCC)C(C)CNc1ccccc1. The molecule has 0 aliphatic heterocycles. The minimum absolute atomic E-state index is 0.197. The van der Waals surface area contributed by atoms with E-state index >= 15 is 0 Å². The van der Waals surface area contributed by atoms with Gasteiger partial charge in [0.2, 0.25) is 0 Å². The summed E-state index contributed by atoms with van der Waals surface area (Å²) in [5.74, 6) is 0. The van der Waals surface area contributed by atoms with E-state index in [1.165, 1.54) is 0 Å². The van der Waals surface area contributed by atoms with Crippen LogP contribution in [0.4, 0.5) is 5.69 Å². The first-order valence-corrected chi connectivity index (χ1v) is 9.19. The molecule has 1 aromatic carbocycles. The normalized spacial score (nSPS) is 13.2. The molecule has 0 fully saturated rings. The zero-order chi connectivity index (χ0) is 14.8. The van der Waals surface area contributed by atoms with Crippen molar-refractivity contribution in [1.29, 1.82) is 0 Å². The van der Waals surface area contributed by atoms with Gasteiger partial charge in [0.15, 0.2) is 0 Å². The Balaban J connectivity index is 2.68. The van der Waals surface area contributed by atoms with Crippen molar-refractivity contribution in [3.8, 4) is 0 Å². The van der Waals surface area contributed by atoms with Crippen LogP contribution in [0.25, 0.3) is 0 Å². The van der Waals surface area contributed by atoms with Gasteiger partial charge in [-0.15, -0.1) is 0 Å². The highest BCUT2D eigenvalue weighted by atomic mass is 28.4. The molecule has 0 saturated heterocycles. The Bertz CT molecular complexity index is 344. The van der Waals surface area contributed by atoms with E-state index in [1.807, 2.05) is 39.0 Å². The summed E-state index contributed by atoms with van der Waals surface area (Å²) in [6.45, 7) is 10.7. The minimum Gasteiger partial charge on any atom is -0.385 e. The van der Waals surface area contributed by atoms with Crippen LogP contribution in [-0.4, -0.2) is 35.2 Å². The van der Waals surface area contributed by atoms with Crippen LogP contribution in [0.15, 0.2) is 30.3 Å². The van der Waals surface area contributed by atoms with E-state index in [0.29, 0.717) is 19.8 Å². The Labute approximate surface area is 123 Å². The molecule has 1 rings (SSSR count). The maximum Gasteiger partial charge on any atom is 0.505 e. The Morgan fingerprint density at radius 2 is 1.45 bits per heavy atom. The zero-order valence-corrected chi connectivity index (χ0v) is 14.0. The molecule has 1 atom stereocenters. The molecule has 0 spiro atoms. The molecule has 4 nitrogen and oxygen atoms in total. The maximum absolute atomic E-state index is 5.92. The molecule has 0 heterocycles. The molecule has 0 aromatic heterocycles. The number of hydrogen-bond acceptors (Lipinski definition) is 4. The number of anilines is 1. The van der Waals surface area contributed by atoms with Crippen molar-refractivity contribution in [2.24, 2.45) is 0 Å². The van der Waals surface area contributed by atoms with Crippen molar-refractivity contribution >= 4 is 14.5 Å². The number of para-hydroxylation sites is 1. The van der Waals surface area contributed by atoms with Gasteiger partial charge in [-0.2, -0.15) is 0 Å². The van der Waals surface area contributed by atoms with Crippen LogP contribution < -0.4 is 5.32 Å². The fourth-order valence-corrected chi connectivity index (χ4v) is 4.77. The predicted octanol–water partition coefficient (Wildman–Crippen LogP) is 3.54. The average Bonchev–Trinajstić information content (AvgIpc) is 2.46.